The first-order valence-electron chi connectivity index (χ1n) is 7.76. The molecule has 0 radical (unpaired) electrons. The summed E-state index contributed by atoms with van der Waals surface area (Å²) in [7, 11) is 0. The van der Waals surface area contributed by atoms with Gasteiger partial charge in [0.05, 0.1) is 24.3 Å². The number of nitrogens with zero attached hydrogens (tertiary/aromatic N) is 1. The number of fused-ring (bicyclic) bond motifs is 12. The van der Waals surface area contributed by atoms with E-state index >= 15 is 0 Å². The molecule has 0 aromatic heterocycles. The fourth-order valence-corrected chi connectivity index (χ4v) is 2.40. The lowest BCUT2D eigenvalue weighted by molar-refractivity contribution is 0.0473. The molecule has 0 amide bonds. The van der Waals surface area contributed by atoms with Crippen molar-refractivity contribution >= 4 is 11.9 Å². The van der Waals surface area contributed by atoms with E-state index in [-0.39, 0.29) is 11.9 Å². The first-order valence-corrected chi connectivity index (χ1v) is 7.76. The molecule has 0 saturated heterocycles. The van der Waals surface area contributed by atoms with Crippen molar-refractivity contribution in [1.29, 1.82) is 0 Å². The molecule has 3 rings (SSSR count). The number of hydrogen-bond donors (Lipinski definition) is 0. The van der Waals surface area contributed by atoms with Gasteiger partial charge < -0.3 is 14.4 Å². The van der Waals surface area contributed by atoms with Gasteiger partial charge in [-0.15, -0.1) is 0 Å². The number of esters is 2. The van der Waals surface area contributed by atoms with Gasteiger partial charge in [0.1, 0.15) is 0 Å². The number of carbonyl (C=O) groups is 2. The Bertz CT molecular complexity index is 467. The minimum absolute atomic E-state index is 0.356. The molecule has 0 aliphatic carbocycles. The summed E-state index contributed by atoms with van der Waals surface area (Å²) >= 11 is 0. The molecule has 120 valence electrons. The maximum absolute atomic E-state index is 11.9. The second-order valence-electron chi connectivity index (χ2n) is 5.69. The first kappa shape index (κ1) is 16.5. The maximum Gasteiger partial charge on any atom is 0.338 e. The maximum atomic E-state index is 11.9. The quantitative estimate of drug-likeness (QED) is 0.746. The van der Waals surface area contributed by atoms with Crippen molar-refractivity contribution in [2.24, 2.45) is 0 Å². The molecule has 5 heteroatoms. The van der Waals surface area contributed by atoms with Crippen LogP contribution < -0.4 is 0 Å². The van der Waals surface area contributed by atoms with E-state index in [0.29, 0.717) is 30.4 Å². The van der Waals surface area contributed by atoms with Crippen molar-refractivity contribution < 1.29 is 19.1 Å². The molecular weight excluding hydrogens is 282 g/mol. The Kier molecular flexibility index (Phi) is 5.95. The minimum atomic E-state index is -0.356. The standard InChI is InChI=1S/C17H23NO4/c1-13(2)18-9-3-11-21-16(19)14-5-7-15(8-6-14)17(20)22-12-4-10-18/h5-8,13H,3-4,9-12H2,1-2H3. The summed E-state index contributed by atoms with van der Waals surface area (Å²) in [6.45, 7) is 6.78. The summed E-state index contributed by atoms with van der Waals surface area (Å²) < 4.78 is 10.5. The van der Waals surface area contributed by atoms with Gasteiger partial charge in [-0.2, -0.15) is 0 Å². The summed E-state index contributed by atoms with van der Waals surface area (Å²) in [6, 6.07) is 6.79. The highest BCUT2D eigenvalue weighted by Crippen LogP contribution is 2.09. The van der Waals surface area contributed by atoms with Crippen molar-refractivity contribution in [1.82, 2.24) is 4.90 Å². The molecule has 0 N–H and O–H groups in total. The third-order valence-corrected chi connectivity index (χ3v) is 3.73. The zero-order valence-corrected chi connectivity index (χ0v) is 13.2. The van der Waals surface area contributed by atoms with Gasteiger partial charge in [0.2, 0.25) is 0 Å². The van der Waals surface area contributed by atoms with Crippen LogP contribution >= 0.6 is 0 Å². The Hall–Kier alpha value is -1.88. The summed E-state index contributed by atoms with van der Waals surface area (Å²) in [5.74, 6) is -0.711. The highest BCUT2D eigenvalue weighted by atomic mass is 16.5. The molecule has 0 unspecified atom stereocenters. The molecule has 1 aromatic carbocycles. The lowest BCUT2D eigenvalue weighted by Crippen LogP contribution is -2.34. The lowest BCUT2D eigenvalue weighted by Gasteiger charge is -2.26. The average molecular weight is 305 g/mol. The van der Waals surface area contributed by atoms with E-state index in [1.165, 1.54) is 0 Å². The van der Waals surface area contributed by atoms with Crippen LogP contribution in [0.1, 0.15) is 47.4 Å². The first-order chi connectivity index (χ1) is 10.6. The number of ether oxygens (including phenoxy) is 2. The number of carbonyl (C=O) groups excluding carboxylic acids is 2. The molecule has 2 aliphatic heterocycles. The van der Waals surface area contributed by atoms with Crippen LogP contribution in [0.15, 0.2) is 24.3 Å². The van der Waals surface area contributed by atoms with Gasteiger partial charge in [0.15, 0.2) is 0 Å². The van der Waals surface area contributed by atoms with E-state index in [9.17, 15) is 9.59 Å². The van der Waals surface area contributed by atoms with E-state index in [4.69, 9.17) is 9.47 Å². The predicted octanol–water partition coefficient (Wildman–Crippen LogP) is 2.50. The fourth-order valence-electron chi connectivity index (χ4n) is 2.40. The largest absolute Gasteiger partial charge is 0.462 e. The molecule has 0 spiro atoms. The van der Waals surface area contributed by atoms with Crippen LogP contribution in [-0.2, 0) is 9.47 Å². The Morgan fingerprint density at radius 2 is 1.27 bits per heavy atom. The minimum Gasteiger partial charge on any atom is -0.462 e. The molecule has 2 aliphatic rings. The smallest absolute Gasteiger partial charge is 0.338 e. The van der Waals surface area contributed by atoms with Crippen LogP contribution in [0.5, 0.6) is 0 Å². The normalized spacial score (nSPS) is 18.5. The van der Waals surface area contributed by atoms with Crippen LogP contribution in [-0.4, -0.2) is 49.2 Å². The number of rotatable bonds is 1. The van der Waals surface area contributed by atoms with Crippen LogP contribution in [0.4, 0.5) is 0 Å². The summed E-state index contributed by atoms with van der Waals surface area (Å²) in [6.07, 6.45) is 1.59. The van der Waals surface area contributed by atoms with Crippen molar-refractivity contribution in [3.63, 3.8) is 0 Å². The molecule has 0 saturated carbocycles. The summed E-state index contributed by atoms with van der Waals surface area (Å²) in [4.78, 5) is 26.1. The van der Waals surface area contributed by atoms with Crippen LogP contribution in [0, 0.1) is 0 Å². The van der Waals surface area contributed by atoms with E-state index in [2.05, 4.69) is 18.7 Å². The monoisotopic (exact) mass is 305 g/mol. The highest BCUT2D eigenvalue weighted by Gasteiger charge is 2.14. The molecule has 1 aromatic rings. The Morgan fingerprint density at radius 3 is 1.64 bits per heavy atom. The topological polar surface area (TPSA) is 55.8 Å². The molecule has 2 bridgehead atoms. The van der Waals surface area contributed by atoms with Crippen molar-refractivity contribution in [3.05, 3.63) is 35.4 Å². The van der Waals surface area contributed by atoms with Crippen LogP contribution in [0.2, 0.25) is 0 Å². The zero-order chi connectivity index (χ0) is 15.9. The summed E-state index contributed by atoms with van der Waals surface area (Å²) in [5, 5.41) is 0. The molecule has 0 fully saturated rings. The van der Waals surface area contributed by atoms with Crippen molar-refractivity contribution in [2.45, 2.75) is 32.7 Å². The van der Waals surface area contributed by atoms with Crippen LogP contribution in [0.25, 0.3) is 0 Å². The van der Waals surface area contributed by atoms with E-state index in [1.54, 1.807) is 24.3 Å². The zero-order valence-electron chi connectivity index (χ0n) is 13.2. The van der Waals surface area contributed by atoms with Gasteiger partial charge in [0.25, 0.3) is 0 Å². The van der Waals surface area contributed by atoms with Crippen molar-refractivity contribution in [3.8, 4) is 0 Å². The Labute approximate surface area is 131 Å². The number of hydrogen-bond acceptors (Lipinski definition) is 5. The summed E-state index contributed by atoms with van der Waals surface area (Å²) in [5.41, 5.74) is 0.902. The van der Waals surface area contributed by atoms with Gasteiger partial charge >= 0.3 is 11.9 Å². The Morgan fingerprint density at radius 1 is 0.864 bits per heavy atom. The van der Waals surface area contributed by atoms with Gasteiger partial charge in [-0.3, -0.25) is 0 Å². The van der Waals surface area contributed by atoms with Gasteiger partial charge in [-0.25, -0.2) is 9.59 Å². The Balaban J connectivity index is 2.07. The predicted molar refractivity (Wildman–Crippen MR) is 83.0 cm³/mol. The molecule has 22 heavy (non-hydrogen) atoms. The molecule has 5 nitrogen and oxygen atoms in total. The molecule has 2 heterocycles. The average Bonchev–Trinajstić information content (AvgIpc) is 2.52. The third-order valence-electron chi connectivity index (χ3n) is 3.73. The van der Waals surface area contributed by atoms with E-state index < -0.39 is 0 Å². The van der Waals surface area contributed by atoms with Gasteiger partial charge in [0, 0.05) is 19.1 Å². The van der Waals surface area contributed by atoms with Crippen molar-refractivity contribution in [2.75, 3.05) is 26.3 Å². The second kappa shape index (κ2) is 7.94. The van der Waals surface area contributed by atoms with Gasteiger partial charge in [-0.05, 0) is 51.0 Å². The van der Waals surface area contributed by atoms with Crippen LogP contribution in [0.3, 0.4) is 0 Å². The molecular formula is C17H23NO4. The van der Waals surface area contributed by atoms with E-state index in [1.807, 2.05) is 0 Å². The lowest BCUT2D eigenvalue weighted by atomic mass is 10.1. The third kappa shape index (κ3) is 4.56. The number of benzene rings is 1. The second-order valence-corrected chi connectivity index (χ2v) is 5.69. The SMILES string of the molecule is CC(C)N1CCCOC(=O)c2ccc(cc2)C(=O)OCCC1. The fraction of sp³-hybridized carbons (Fsp3) is 0.529. The molecule has 0 atom stereocenters. The van der Waals surface area contributed by atoms with E-state index in [0.717, 1.165) is 25.9 Å². The highest BCUT2D eigenvalue weighted by molar-refractivity contribution is 5.93. The van der Waals surface area contributed by atoms with Gasteiger partial charge in [-0.1, -0.05) is 0 Å².